The maximum absolute atomic E-state index is 13.9. The second-order valence-corrected chi connectivity index (χ2v) is 4.70. The predicted molar refractivity (Wildman–Crippen MR) is 76.5 cm³/mol. The van der Waals surface area contributed by atoms with Crippen LogP contribution in [0.2, 0.25) is 5.02 Å². The number of halogens is 2. The molecule has 0 aliphatic rings. The van der Waals surface area contributed by atoms with Crippen LogP contribution in [0.4, 0.5) is 10.1 Å². The van der Waals surface area contributed by atoms with Gasteiger partial charge in [0, 0.05) is 22.2 Å². The maximum Gasteiger partial charge on any atom is 0.320 e. The van der Waals surface area contributed by atoms with Crippen LogP contribution in [-0.2, 0) is 11.3 Å². The highest BCUT2D eigenvalue weighted by Crippen LogP contribution is 2.30. The Labute approximate surface area is 121 Å². The SMILES string of the molecule is CCc1ccc(-c2ccc(Cl)cc2F)cc1[N+](=O)OC. The smallest absolute Gasteiger partial charge is 0.230 e. The van der Waals surface area contributed by atoms with Gasteiger partial charge in [-0.3, -0.25) is 0 Å². The van der Waals surface area contributed by atoms with Crippen molar-refractivity contribution >= 4 is 17.3 Å². The van der Waals surface area contributed by atoms with Crippen LogP contribution in [0, 0.1) is 10.7 Å². The summed E-state index contributed by atoms with van der Waals surface area (Å²) < 4.78 is 13.9. The molecule has 2 aromatic rings. The lowest BCUT2D eigenvalue weighted by atomic mass is 10.0. The molecule has 3 nitrogen and oxygen atoms in total. The molecule has 0 amide bonds. The van der Waals surface area contributed by atoms with Crippen molar-refractivity contribution < 1.29 is 14.2 Å². The van der Waals surface area contributed by atoms with E-state index < -0.39 is 5.82 Å². The maximum atomic E-state index is 13.9. The Bertz CT molecular complexity index is 658. The van der Waals surface area contributed by atoms with Crippen molar-refractivity contribution in [1.82, 2.24) is 0 Å². The van der Waals surface area contributed by atoms with Gasteiger partial charge in [0.05, 0.1) is 4.91 Å². The molecular formula is C15H14ClFNO2+. The Morgan fingerprint density at radius 2 is 2.00 bits per heavy atom. The second-order valence-electron chi connectivity index (χ2n) is 4.26. The Balaban J connectivity index is 2.55. The highest BCUT2D eigenvalue weighted by Gasteiger charge is 2.21. The topological polar surface area (TPSA) is 29.3 Å². The molecule has 0 spiro atoms. The molecule has 0 heterocycles. The largest absolute Gasteiger partial charge is 0.320 e. The van der Waals surface area contributed by atoms with E-state index in [1.807, 2.05) is 6.92 Å². The molecule has 0 radical (unpaired) electrons. The van der Waals surface area contributed by atoms with Gasteiger partial charge in [-0.15, -0.1) is 0 Å². The van der Waals surface area contributed by atoms with E-state index in [9.17, 15) is 9.30 Å². The highest BCUT2D eigenvalue weighted by molar-refractivity contribution is 6.30. The van der Waals surface area contributed by atoms with Gasteiger partial charge < -0.3 is 0 Å². The average molecular weight is 295 g/mol. The van der Waals surface area contributed by atoms with E-state index in [1.54, 1.807) is 30.3 Å². The van der Waals surface area contributed by atoms with E-state index in [4.69, 9.17) is 11.6 Å². The van der Waals surface area contributed by atoms with Crippen molar-refractivity contribution in [3.63, 3.8) is 0 Å². The van der Waals surface area contributed by atoms with Gasteiger partial charge in [0.25, 0.3) is 4.92 Å². The van der Waals surface area contributed by atoms with Gasteiger partial charge in [0.2, 0.25) is 0 Å². The Hall–Kier alpha value is -1.94. The van der Waals surface area contributed by atoms with Gasteiger partial charge in [-0.1, -0.05) is 30.7 Å². The van der Waals surface area contributed by atoms with Crippen LogP contribution >= 0.6 is 11.6 Å². The van der Waals surface area contributed by atoms with Crippen LogP contribution in [-0.4, -0.2) is 12.0 Å². The zero-order chi connectivity index (χ0) is 14.7. The minimum atomic E-state index is -0.428. The molecule has 2 rings (SSSR count). The molecule has 0 aliphatic heterocycles. The highest BCUT2D eigenvalue weighted by atomic mass is 35.5. The second kappa shape index (κ2) is 6.01. The molecule has 0 saturated heterocycles. The van der Waals surface area contributed by atoms with Crippen LogP contribution in [0.3, 0.4) is 0 Å². The Morgan fingerprint density at radius 3 is 2.60 bits per heavy atom. The Kier molecular flexibility index (Phi) is 4.35. The summed E-state index contributed by atoms with van der Waals surface area (Å²) in [6, 6.07) is 9.63. The fourth-order valence-electron chi connectivity index (χ4n) is 2.02. The summed E-state index contributed by atoms with van der Waals surface area (Å²) in [4.78, 5) is 16.8. The minimum Gasteiger partial charge on any atom is -0.230 e. The van der Waals surface area contributed by atoms with Gasteiger partial charge in [0.1, 0.15) is 5.82 Å². The van der Waals surface area contributed by atoms with Crippen molar-refractivity contribution in [2.75, 3.05) is 7.11 Å². The zero-order valence-corrected chi connectivity index (χ0v) is 11.9. The monoisotopic (exact) mass is 294 g/mol. The van der Waals surface area contributed by atoms with Crippen LogP contribution < -0.4 is 0 Å². The molecule has 5 heteroatoms. The molecule has 0 atom stereocenters. The Morgan fingerprint density at radius 1 is 1.25 bits per heavy atom. The zero-order valence-electron chi connectivity index (χ0n) is 11.2. The minimum absolute atomic E-state index is 0.332. The van der Waals surface area contributed by atoms with Crippen molar-refractivity contribution in [3.8, 4) is 11.1 Å². The van der Waals surface area contributed by atoms with Gasteiger partial charge >= 0.3 is 5.69 Å². The molecule has 0 N–H and O–H groups in total. The first-order valence-electron chi connectivity index (χ1n) is 6.16. The fraction of sp³-hybridized carbons (Fsp3) is 0.200. The summed E-state index contributed by atoms with van der Waals surface area (Å²) in [6.07, 6.45) is 0.681. The van der Waals surface area contributed by atoms with E-state index in [0.29, 0.717) is 33.2 Å². The molecule has 0 unspecified atom stereocenters. The van der Waals surface area contributed by atoms with Crippen molar-refractivity contribution in [3.05, 3.63) is 57.7 Å². The standard InChI is InChI=1S/C15H14ClFNO2/c1-3-10-4-5-11(8-15(10)18(19)20-2)13-7-6-12(16)9-14(13)17/h4-9H,3H2,1-2H3/q+1. The summed E-state index contributed by atoms with van der Waals surface area (Å²) >= 11 is 5.74. The molecule has 0 bridgehead atoms. The lowest BCUT2D eigenvalue weighted by Crippen LogP contribution is -2.02. The predicted octanol–water partition coefficient (Wildman–Crippen LogP) is 4.68. The summed E-state index contributed by atoms with van der Waals surface area (Å²) in [6.45, 7) is 1.94. The number of hydrogen-bond acceptors (Lipinski definition) is 2. The third-order valence-electron chi connectivity index (χ3n) is 3.07. The third-order valence-corrected chi connectivity index (χ3v) is 3.31. The molecular weight excluding hydrogens is 281 g/mol. The molecule has 20 heavy (non-hydrogen) atoms. The van der Waals surface area contributed by atoms with E-state index in [0.717, 1.165) is 5.56 Å². The molecule has 2 aromatic carbocycles. The quantitative estimate of drug-likeness (QED) is 0.766. The number of nitrogens with zero attached hydrogens (tertiary/aromatic N) is 1. The number of benzene rings is 2. The fourth-order valence-corrected chi connectivity index (χ4v) is 2.18. The van der Waals surface area contributed by atoms with Crippen LogP contribution in [0.25, 0.3) is 11.1 Å². The molecule has 0 aromatic heterocycles. The summed E-state index contributed by atoms with van der Waals surface area (Å²) in [7, 11) is 1.29. The summed E-state index contributed by atoms with van der Waals surface area (Å²) in [5, 5.41) is 0.332. The average Bonchev–Trinajstić information content (AvgIpc) is 2.46. The molecule has 0 fully saturated rings. The summed E-state index contributed by atoms with van der Waals surface area (Å²) in [5.41, 5.74) is 2.20. The van der Waals surface area contributed by atoms with Gasteiger partial charge in [-0.05, 0) is 30.2 Å². The third kappa shape index (κ3) is 2.80. The van der Waals surface area contributed by atoms with Gasteiger partial charge in [-0.2, -0.15) is 0 Å². The van der Waals surface area contributed by atoms with E-state index in [2.05, 4.69) is 4.84 Å². The van der Waals surface area contributed by atoms with E-state index in [-0.39, 0.29) is 0 Å². The van der Waals surface area contributed by atoms with E-state index >= 15 is 0 Å². The number of rotatable bonds is 4. The van der Waals surface area contributed by atoms with Crippen molar-refractivity contribution in [1.29, 1.82) is 0 Å². The first-order chi connectivity index (χ1) is 9.56. The summed E-state index contributed by atoms with van der Waals surface area (Å²) in [5.74, 6) is -0.428. The van der Waals surface area contributed by atoms with Crippen LogP contribution in [0.1, 0.15) is 12.5 Å². The first-order valence-corrected chi connectivity index (χ1v) is 6.54. The lowest BCUT2D eigenvalue weighted by molar-refractivity contribution is -0.737. The van der Waals surface area contributed by atoms with E-state index in [1.165, 1.54) is 13.2 Å². The first kappa shape index (κ1) is 14.5. The van der Waals surface area contributed by atoms with Gasteiger partial charge in [0.15, 0.2) is 7.11 Å². The van der Waals surface area contributed by atoms with Crippen LogP contribution in [0.5, 0.6) is 0 Å². The number of aryl methyl sites for hydroxylation is 1. The van der Waals surface area contributed by atoms with Crippen LogP contribution in [0.15, 0.2) is 36.4 Å². The molecule has 104 valence electrons. The number of hydrogen-bond donors (Lipinski definition) is 0. The van der Waals surface area contributed by atoms with Crippen molar-refractivity contribution in [2.24, 2.45) is 0 Å². The molecule has 0 saturated carbocycles. The van der Waals surface area contributed by atoms with Crippen molar-refractivity contribution in [2.45, 2.75) is 13.3 Å². The lowest BCUT2D eigenvalue weighted by Gasteiger charge is -2.05. The molecule has 0 aliphatic carbocycles. The van der Waals surface area contributed by atoms with Gasteiger partial charge in [-0.25, -0.2) is 9.23 Å². The normalized spacial score (nSPS) is 10.4.